The summed E-state index contributed by atoms with van der Waals surface area (Å²) < 4.78 is 5.79. The van der Waals surface area contributed by atoms with Gasteiger partial charge in [-0.1, -0.05) is 36.4 Å². The number of amides is 2. The Labute approximate surface area is 189 Å². The minimum absolute atomic E-state index is 0.0257. The number of nitrogens with zero attached hydrogens (tertiary/aromatic N) is 1. The molecule has 0 aliphatic carbocycles. The van der Waals surface area contributed by atoms with Gasteiger partial charge in [-0.05, 0) is 67.3 Å². The van der Waals surface area contributed by atoms with Crippen molar-refractivity contribution >= 4 is 17.5 Å². The van der Waals surface area contributed by atoms with Crippen LogP contribution in [0.2, 0.25) is 0 Å². The van der Waals surface area contributed by atoms with Gasteiger partial charge in [0, 0.05) is 36.3 Å². The second kappa shape index (κ2) is 10.6. The highest BCUT2D eigenvalue weighted by Gasteiger charge is 2.18. The number of hydrogen-bond acceptors (Lipinski definition) is 3. The number of piperidine rings is 1. The van der Waals surface area contributed by atoms with Gasteiger partial charge in [-0.25, -0.2) is 0 Å². The van der Waals surface area contributed by atoms with Crippen LogP contribution < -0.4 is 10.1 Å². The van der Waals surface area contributed by atoms with Crippen LogP contribution in [0.15, 0.2) is 78.9 Å². The van der Waals surface area contributed by atoms with Gasteiger partial charge in [0.2, 0.25) is 0 Å². The molecule has 0 saturated carbocycles. The first-order valence-electron chi connectivity index (χ1n) is 11.2. The first kappa shape index (κ1) is 21.6. The van der Waals surface area contributed by atoms with Gasteiger partial charge in [0.15, 0.2) is 0 Å². The van der Waals surface area contributed by atoms with Crippen LogP contribution in [-0.4, -0.2) is 36.4 Å². The maximum Gasteiger partial charge on any atom is 0.255 e. The molecule has 164 valence electrons. The molecule has 3 aromatic carbocycles. The van der Waals surface area contributed by atoms with Crippen molar-refractivity contribution < 1.29 is 14.3 Å². The van der Waals surface area contributed by atoms with E-state index in [9.17, 15) is 9.59 Å². The van der Waals surface area contributed by atoms with Crippen LogP contribution in [-0.2, 0) is 6.42 Å². The summed E-state index contributed by atoms with van der Waals surface area (Å²) in [7, 11) is 0. The minimum Gasteiger partial charge on any atom is -0.493 e. The van der Waals surface area contributed by atoms with E-state index in [1.807, 2.05) is 23.1 Å². The van der Waals surface area contributed by atoms with Crippen molar-refractivity contribution in [1.82, 2.24) is 4.90 Å². The predicted molar refractivity (Wildman–Crippen MR) is 126 cm³/mol. The third kappa shape index (κ3) is 5.76. The topological polar surface area (TPSA) is 58.6 Å². The molecule has 0 radical (unpaired) electrons. The lowest BCUT2D eigenvalue weighted by Gasteiger charge is -2.26. The molecular formula is C27H28N2O3. The first-order chi connectivity index (χ1) is 15.7. The third-order valence-electron chi connectivity index (χ3n) is 5.63. The fourth-order valence-electron chi connectivity index (χ4n) is 3.85. The average Bonchev–Trinajstić information content (AvgIpc) is 2.85. The fourth-order valence-corrected chi connectivity index (χ4v) is 3.85. The number of anilines is 1. The van der Waals surface area contributed by atoms with Gasteiger partial charge in [-0.15, -0.1) is 0 Å². The largest absolute Gasteiger partial charge is 0.493 e. The van der Waals surface area contributed by atoms with E-state index < -0.39 is 0 Å². The lowest BCUT2D eigenvalue weighted by molar-refractivity contribution is 0.0724. The lowest BCUT2D eigenvalue weighted by atomic mass is 10.1. The highest BCUT2D eigenvalue weighted by molar-refractivity contribution is 6.05. The van der Waals surface area contributed by atoms with Crippen molar-refractivity contribution in [3.63, 3.8) is 0 Å². The number of ether oxygens (including phenoxy) is 1. The van der Waals surface area contributed by atoms with Crippen LogP contribution in [0.1, 0.15) is 45.5 Å². The Hall–Kier alpha value is -3.60. The molecule has 1 aliphatic rings. The molecule has 1 heterocycles. The molecule has 1 fully saturated rings. The molecule has 32 heavy (non-hydrogen) atoms. The van der Waals surface area contributed by atoms with Crippen molar-refractivity contribution in [2.24, 2.45) is 0 Å². The molecule has 0 spiro atoms. The van der Waals surface area contributed by atoms with Gasteiger partial charge in [-0.2, -0.15) is 0 Å². The van der Waals surface area contributed by atoms with E-state index in [0.29, 0.717) is 23.4 Å². The monoisotopic (exact) mass is 428 g/mol. The molecule has 1 saturated heterocycles. The zero-order valence-corrected chi connectivity index (χ0v) is 18.1. The van der Waals surface area contributed by atoms with E-state index in [0.717, 1.165) is 38.1 Å². The molecule has 5 heteroatoms. The van der Waals surface area contributed by atoms with E-state index >= 15 is 0 Å². The summed E-state index contributed by atoms with van der Waals surface area (Å²) in [4.78, 5) is 27.3. The van der Waals surface area contributed by atoms with Crippen LogP contribution in [0.3, 0.4) is 0 Å². The summed E-state index contributed by atoms with van der Waals surface area (Å²) >= 11 is 0. The first-order valence-corrected chi connectivity index (χ1v) is 11.2. The van der Waals surface area contributed by atoms with E-state index in [2.05, 4.69) is 17.4 Å². The molecule has 0 atom stereocenters. The van der Waals surface area contributed by atoms with Crippen LogP contribution >= 0.6 is 0 Å². The lowest BCUT2D eigenvalue weighted by Crippen LogP contribution is -2.35. The Morgan fingerprint density at radius 1 is 0.812 bits per heavy atom. The van der Waals surface area contributed by atoms with Crippen LogP contribution in [0, 0.1) is 0 Å². The molecular weight excluding hydrogens is 400 g/mol. The van der Waals surface area contributed by atoms with E-state index in [4.69, 9.17) is 4.74 Å². The molecule has 1 aliphatic heterocycles. The Kier molecular flexibility index (Phi) is 7.18. The van der Waals surface area contributed by atoms with E-state index in [-0.39, 0.29) is 11.8 Å². The number of carbonyl (C=O) groups is 2. The standard InChI is InChI=1S/C27H28N2O3/c30-26(22-12-14-25(15-13-22)32-19-16-21-8-3-1-4-9-21)28-24-11-7-10-23(20-24)27(31)29-17-5-2-6-18-29/h1,3-4,7-15,20H,2,5-6,16-19H2,(H,28,30). The molecule has 5 nitrogen and oxygen atoms in total. The Morgan fingerprint density at radius 3 is 2.31 bits per heavy atom. The van der Waals surface area contributed by atoms with Crippen molar-refractivity contribution in [2.75, 3.05) is 25.0 Å². The summed E-state index contributed by atoms with van der Waals surface area (Å²) in [6.07, 6.45) is 4.11. The fraction of sp³-hybridized carbons (Fsp3) is 0.259. The summed E-state index contributed by atoms with van der Waals surface area (Å²) in [5.41, 5.74) is 2.98. The van der Waals surface area contributed by atoms with Gasteiger partial charge >= 0.3 is 0 Å². The number of nitrogens with one attached hydrogen (secondary N) is 1. The molecule has 4 rings (SSSR count). The van der Waals surface area contributed by atoms with Crippen molar-refractivity contribution in [3.05, 3.63) is 95.6 Å². The molecule has 1 N–H and O–H groups in total. The molecule has 3 aromatic rings. The number of benzene rings is 3. The summed E-state index contributed by atoms with van der Waals surface area (Å²) in [6.45, 7) is 2.18. The van der Waals surface area contributed by atoms with Crippen LogP contribution in [0.5, 0.6) is 5.75 Å². The zero-order chi connectivity index (χ0) is 22.2. The van der Waals surface area contributed by atoms with Crippen molar-refractivity contribution in [2.45, 2.75) is 25.7 Å². The predicted octanol–water partition coefficient (Wildman–Crippen LogP) is 5.19. The summed E-state index contributed by atoms with van der Waals surface area (Å²) in [5, 5.41) is 2.89. The van der Waals surface area contributed by atoms with E-state index in [1.54, 1.807) is 48.5 Å². The van der Waals surface area contributed by atoms with Gasteiger partial charge in [0.1, 0.15) is 5.75 Å². The number of hydrogen-bond donors (Lipinski definition) is 1. The van der Waals surface area contributed by atoms with Gasteiger partial charge in [0.05, 0.1) is 6.61 Å². The summed E-state index contributed by atoms with van der Waals surface area (Å²) in [6, 6.07) is 24.4. The van der Waals surface area contributed by atoms with Gasteiger partial charge in [0.25, 0.3) is 11.8 Å². The smallest absolute Gasteiger partial charge is 0.255 e. The quantitative estimate of drug-likeness (QED) is 0.564. The van der Waals surface area contributed by atoms with Crippen LogP contribution in [0.25, 0.3) is 0 Å². The van der Waals surface area contributed by atoms with Gasteiger partial charge < -0.3 is 15.0 Å². The normalized spacial score (nSPS) is 13.4. The molecule has 0 aromatic heterocycles. The highest BCUT2D eigenvalue weighted by atomic mass is 16.5. The highest BCUT2D eigenvalue weighted by Crippen LogP contribution is 2.18. The van der Waals surface area contributed by atoms with Crippen molar-refractivity contribution in [3.8, 4) is 5.75 Å². The average molecular weight is 429 g/mol. The maximum absolute atomic E-state index is 12.7. The number of carbonyl (C=O) groups excluding carboxylic acids is 2. The maximum atomic E-state index is 12.7. The SMILES string of the molecule is O=C(Nc1cccc(C(=O)N2CCCCC2)c1)c1ccc(OCCc2ccccc2)cc1. The Morgan fingerprint density at radius 2 is 1.56 bits per heavy atom. The Balaban J connectivity index is 1.32. The third-order valence-corrected chi connectivity index (χ3v) is 5.63. The Bertz CT molecular complexity index is 1040. The zero-order valence-electron chi connectivity index (χ0n) is 18.1. The second-order valence-electron chi connectivity index (χ2n) is 8.00. The number of rotatable bonds is 7. The second-order valence-corrected chi connectivity index (χ2v) is 8.00. The molecule has 0 unspecified atom stereocenters. The molecule has 2 amide bonds. The van der Waals surface area contributed by atoms with Gasteiger partial charge in [-0.3, -0.25) is 9.59 Å². The minimum atomic E-state index is -0.219. The van der Waals surface area contributed by atoms with Crippen LogP contribution in [0.4, 0.5) is 5.69 Å². The van der Waals surface area contributed by atoms with E-state index in [1.165, 1.54) is 12.0 Å². The summed E-state index contributed by atoms with van der Waals surface area (Å²) in [5.74, 6) is 0.535. The molecule has 0 bridgehead atoms. The number of likely N-dealkylation sites (tertiary alicyclic amines) is 1. The van der Waals surface area contributed by atoms with Crippen molar-refractivity contribution in [1.29, 1.82) is 0 Å².